The molecule has 0 bridgehead atoms. The van der Waals surface area contributed by atoms with Gasteiger partial charge in [-0.1, -0.05) is 65.7 Å². The Balaban J connectivity index is 2.12. The average Bonchev–Trinajstić information content (AvgIpc) is 2.53. The molecule has 0 amide bonds. The molecule has 2 aromatic carbocycles. The van der Waals surface area contributed by atoms with E-state index < -0.39 is 5.97 Å². The summed E-state index contributed by atoms with van der Waals surface area (Å²) in [5.41, 5.74) is 2.44. The molecule has 0 heterocycles. The third-order valence-corrected chi connectivity index (χ3v) is 3.63. The second kappa shape index (κ2) is 8.04. The van der Waals surface area contributed by atoms with E-state index in [1.54, 1.807) is 0 Å². The Bertz CT molecular complexity index is 686. The summed E-state index contributed by atoms with van der Waals surface area (Å²) in [5.74, 6) is -0.173. The molecular weight excluding hydrogens is 335 g/mol. The number of esters is 1. The second-order valence-electron chi connectivity index (χ2n) is 4.93. The fraction of sp³-hybridized carbons (Fsp3) is 0.167. The van der Waals surface area contributed by atoms with Gasteiger partial charge in [0, 0.05) is 0 Å². The van der Waals surface area contributed by atoms with Crippen LogP contribution >= 0.6 is 23.2 Å². The molecule has 5 heteroatoms. The Morgan fingerprint density at radius 2 is 1.78 bits per heavy atom. The summed E-state index contributed by atoms with van der Waals surface area (Å²) in [7, 11) is 0. The summed E-state index contributed by atoms with van der Waals surface area (Å²) in [6.07, 6.45) is 1.49. The summed E-state index contributed by atoms with van der Waals surface area (Å²) in [4.78, 5) is 11.8. The average molecular weight is 351 g/mol. The molecule has 0 fully saturated rings. The molecule has 0 saturated heterocycles. The molecule has 0 saturated carbocycles. The van der Waals surface area contributed by atoms with E-state index >= 15 is 0 Å². The van der Waals surface area contributed by atoms with Crippen molar-refractivity contribution in [1.82, 2.24) is 0 Å². The Labute approximate surface area is 145 Å². The van der Waals surface area contributed by atoms with Crippen LogP contribution in [0.3, 0.4) is 0 Å². The summed E-state index contributed by atoms with van der Waals surface area (Å²) in [6.45, 7) is 5.96. The van der Waals surface area contributed by atoms with Gasteiger partial charge < -0.3 is 9.47 Å². The molecule has 120 valence electrons. The highest BCUT2D eigenvalue weighted by Gasteiger charge is 2.15. The lowest BCUT2D eigenvalue weighted by molar-refractivity contribution is 0.0549. The van der Waals surface area contributed by atoms with Gasteiger partial charge in [-0.2, -0.15) is 0 Å². The molecule has 0 radical (unpaired) electrons. The van der Waals surface area contributed by atoms with Crippen LogP contribution in [0.5, 0.6) is 5.75 Å². The number of carbonyl (C=O) groups excluding carboxylic acids is 1. The number of rotatable bonds is 6. The summed E-state index contributed by atoms with van der Waals surface area (Å²) in [5, 5.41) is 0.519. The Morgan fingerprint density at radius 3 is 2.35 bits per heavy atom. The summed E-state index contributed by atoms with van der Waals surface area (Å²) in [6, 6.07) is 10.9. The Kier molecular flexibility index (Phi) is 6.08. The highest BCUT2D eigenvalue weighted by Crippen LogP contribution is 2.35. The van der Waals surface area contributed by atoms with Gasteiger partial charge >= 0.3 is 5.97 Å². The maximum Gasteiger partial charge on any atom is 0.338 e. The fourth-order valence-electron chi connectivity index (χ4n) is 1.87. The number of aryl methyl sites for hydroxylation is 1. The van der Waals surface area contributed by atoms with Crippen molar-refractivity contribution in [3.05, 3.63) is 75.8 Å². The van der Waals surface area contributed by atoms with Gasteiger partial charge in [0.2, 0.25) is 0 Å². The zero-order valence-corrected chi connectivity index (χ0v) is 14.2. The minimum Gasteiger partial charge on any atom is -0.486 e. The van der Waals surface area contributed by atoms with Gasteiger partial charge in [0.1, 0.15) is 13.2 Å². The molecule has 3 nitrogen and oxygen atoms in total. The maximum absolute atomic E-state index is 11.8. The highest BCUT2D eigenvalue weighted by atomic mass is 35.5. The van der Waals surface area contributed by atoms with Gasteiger partial charge in [-0.15, -0.1) is 0 Å². The van der Waals surface area contributed by atoms with Crippen molar-refractivity contribution < 1.29 is 14.3 Å². The third kappa shape index (κ3) is 4.75. The molecule has 0 aliphatic rings. The maximum atomic E-state index is 11.8. The standard InChI is InChI=1S/C18H16Cl2O3/c1-3-8-22-18(21)14-9-15(19)17(16(20)10-14)23-11-13-6-4-12(2)5-7-13/h3-7,9-10H,1,8,11H2,2H3. The van der Waals surface area contributed by atoms with Crippen molar-refractivity contribution in [2.24, 2.45) is 0 Å². The molecule has 0 aliphatic heterocycles. The minimum absolute atomic E-state index is 0.125. The molecule has 0 aromatic heterocycles. The first-order valence-electron chi connectivity index (χ1n) is 6.96. The monoisotopic (exact) mass is 350 g/mol. The van der Waals surface area contributed by atoms with E-state index in [9.17, 15) is 4.79 Å². The van der Waals surface area contributed by atoms with Gasteiger partial charge in [0.25, 0.3) is 0 Å². The van der Waals surface area contributed by atoms with Crippen LogP contribution in [0.2, 0.25) is 10.0 Å². The van der Waals surface area contributed by atoms with Crippen LogP contribution in [0.1, 0.15) is 21.5 Å². The van der Waals surface area contributed by atoms with Gasteiger partial charge in [-0.05, 0) is 24.6 Å². The highest BCUT2D eigenvalue weighted by molar-refractivity contribution is 6.37. The van der Waals surface area contributed by atoms with Crippen LogP contribution in [0.4, 0.5) is 0 Å². The molecule has 0 spiro atoms. The molecule has 0 N–H and O–H groups in total. The summed E-state index contributed by atoms with van der Waals surface area (Å²) >= 11 is 12.3. The van der Waals surface area contributed by atoms with E-state index in [0.29, 0.717) is 12.4 Å². The van der Waals surface area contributed by atoms with Crippen LogP contribution in [0.15, 0.2) is 49.1 Å². The minimum atomic E-state index is -0.515. The van der Waals surface area contributed by atoms with Gasteiger partial charge in [0.05, 0.1) is 15.6 Å². The smallest absolute Gasteiger partial charge is 0.338 e. The first-order valence-corrected chi connectivity index (χ1v) is 7.72. The molecular formula is C18H16Cl2O3. The lowest BCUT2D eigenvalue weighted by atomic mass is 10.2. The topological polar surface area (TPSA) is 35.5 Å². The number of carbonyl (C=O) groups is 1. The number of benzene rings is 2. The quantitative estimate of drug-likeness (QED) is 0.528. The van der Waals surface area contributed by atoms with E-state index in [-0.39, 0.29) is 22.2 Å². The Hall–Kier alpha value is -1.97. The molecule has 0 unspecified atom stereocenters. The lowest BCUT2D eigenvalue weighted by Gasteiger charge is -2.12. The molecule has 0 atom stereocenters. The third-order valence-electron chi connectivity index (χ3n) is 3.07. The summed E-state index contributed by atoms with van der Waals surface area (Å²) < 4.78 is 10.6. The van der Waals surface area contributed by atoms with Crippen molar-refractivity contribution >= 4 is 29.2 Å². The van der Waals surface area contributed by atoms with E-state index in [0.717, 1.165) is 5.56 Å². The number of hydrogen-bond acceptors (Lipinski definition) is 3. The molecule has 2 aromatic rings. The normalized spacial score (nSPS) is 10.2. The second-order valence-corrected chi connectivity index (χ2v) is 5.74. The number of halogens is 2. The number of ether oxygens (including phenoxy) is 2. The van der Waals surface area contributed by atoms with Crippen molar-refractivity contribution in [1.29, 1.82) is 0 Å². The fourth-order valence-corrected chi connectivity index (χ4v) is 2.47. The van der Waals surface area contributed by atoms with Crippen molar-refractivity contribution in [3.8, 4) is 5.75 Å². The van der Waals surface area contributed by atoms with Gasteiger partial charge in [-0.3, -0.25) is 0 Å². The molecule has 0 aliphatic carbocycles. The largest absolute Gasteiger partial charge is 0.486 e. The van der Waals surface area contributed by atoms with Gasteiger partial charge in [0.15, 0.2) is 5.75 Å². The first kappa shape index (κ1) is 17.4. The van der Waals surface area contributed by atoms with E-state index in [1.165, 1.54) is 23.8 Å². The van der Waals surface area contributed by atoms with E-state index in [1.807, 2.05) is 31.2 Å². The van der Waals surface area contributed by atoms with Crippen molar-refractivity contribution in [2.75, 3.05) is 6.61 Å². The van der Waals surface area contributed by atoms with Crippen molar-refractivity contribution in [2.45, 2.75) is 13.5 Å². The van der Waals surface area contributed by atoms with Crippen LogP contribution < -0.4 is 4.74 Å². The number of hydrogen-bond donors (Lipinski definition) is 0. The molecule has 2 rings (SSSR count). The zero-order valence-electron chi connectivity index (χ0n) is 12.6. The van der Waals surface area contributed by atoms with Crippen LogP contribution in [-0.4, -0.2) is 12.6 Å². The predicted octanol–water partition coefficient (Wildman–Crippen LogP) is 5.22. The van der Waals surface area contributed by atoms with E-state index in [2.05, 4.69) is 6.58 Å². The Morgan fingerprint density at radius 1 is 1.17 bits per heavy atom. The van der Waals surface area contributed by atoms with Crippen LogP contribution in [0, 0.1) is 6.92 Å². The lowest BCUT2D eigenvalue weighted by Crippen LogP contribution is -2.06. The SMILES string of the molecule is C=CCOC(=O)c1cc(Cl)c(OCc2ccc(C)cc2)c(Cl)c1. The molecule has 23 heavy (non-hydrogen) atoms. The van der Waals surface area contributed by atoms with Crippen LogP contribution in [0.25, 0.3) is 0 Å². The van der Waals surface area contributed by atoms with Gasteiger partial charge in [-0.25, -0.2) is 4.79 Å². The predicted molar refractivity (Wildman–Crippen MR) is 92.5 cm³/mol. The van der Waals surface area contributed by atoms with E-state index in [4.69, 9.17) is 32.7 Å². The van der Waals surface area contributed by atoms with Crippen LogP contribution in [-0.2, 0) is 11.3 Å². The zero-order chi connectivity index (χ0) is 16.8. The first-order chi connectivity index (χ1) is 11.0. The van der Waals surface area contributed by atoms with Crippen molar-refractivity contribution in [3.63, 3.8) is 0 Å².